The van der Waals surface area contributed by atoms with E-state index in [9.17, 15) is 13.2 Å². The fourth-order valence-corrected chi connectivity index (χ4v) is 4.55. The first-order valence-electron chi connectivity index (χ1n) is 11.6. The third kappa shape index (κ3) is 6.30. The molecule has 0 N–H and O–H groups in total. The fourth-order valence-electron chi connectivity index (χ4n) is 3.60. The van der Waals surface area contributed by atoms with Gasteiger partial charge in [0.15, 0.2) is 0 Å². The summed E-state index contributed by atoms with van der Waals surface area (Å²) >= 11 is 0. The molecule has 194 valence electrons. The first kappa shape index (κ1) is 27.3. The Morgan fingerprint density at radius 3 is 2.31 bits per heavy atom. The van der Waals surface area contributed by atoms with Crippen molar-refractivity contribution in [3.8, 4) is 17.1 Å². The quantitative estimate of drug-likeness (QED) is 0.427. The van der Waals surface area contributed by atoms with Crippen LogP contribution >= 0.6 is 0 Å². The van der Waals surface area contributed by atoms with Crippen molar-refractivity contribution in [2.75, 3.05) is 28.3 Å². The number of carbonyl (C=O) groups excluding carboxylic acids is 1. The summed E-state index contributed by atoms with van der Waals surface area (Å²) in [5.74, 6) is 1.18. The molecule has 0 spiro atoms. The van der Waals surface area contributed by atoms with E-state index in [1.54, 1.807) is 19.2 Å². The molecule has 0 fully saturated rings. The summed E-state index contributed by atoms with van der Waals surface area (Å²) in [4.78, 5) is 18.9. The van der Waals surface area contributed by atoms with Gasteiger partial charge in [0.05, 0.1) is 18.6 Å². The summed E-state index contributed by atoms with van der Waals surface area (Å²) < 4.78 is 36.8. The lowest BCUT2D eigenvalue weighted by Crippen LogP contribution is -2.26. The number of carbonyl (C=O) groups is 1. The molecule has 1 amide bonds. The number of nitrogens with zero attached hydrogens (tertiary/aromatic N) is 4. The molecule has 2 aromatic carbocycles. The van der Waals surface area contributed by atoms with Crippen molar-refractivity contribution in [3.63, 3.8) is 0 Å². The number of rotatable bonds is 9. The first-order valence-corrected chi connectivity index (χ1v) is 13.0. The minimum atomic E-state index is -3.60. The molecule has 9 nitrogen and oxygen atoms in total. The van der Waals surface area contributed by atoms with Crippen LogP contribution in [0.25, 0.3) is 11.4 Å². The highest BCUT2D eigenvalue weighted by Crippen LogP contribution is 2.26. The Morgan fingerprint density at radius 1 is 1.06 bits per heavy atom. The fraction of sp³-hybridized carbons (Fsp3) is 0.423. The lowest BCUT2D eigenvalue weighted by atomic mass is 9.87. The third-order valence-electron chi connectivity index (χ3n) is 5.91. The van der Waals surface area contributed by atoms with Crippen LogP contribution in [-0.4, -0.2) is 61.9 Å². The molecule has 36 heavy (non-hydrogen) atoms. The Balaban J connectivity index is 1.65. The van der Waals surface area contributed by atoms with Gasteiger partial charge < -0.3 is 14.2 Å². The van der Waals surface area contributed by atoms with Gasteiger partial charge in [-0.25, -0.2) is 12.7 Å². The van der Waals surface area contributed by atoms with Crippen molar-refractivity contribution in [1.82, 2.24) is 19.3 Å². The van der Waals surface area contributed by atoms with Crippen molar-refractivity contribution in [1.29, 1.82) is 0 Å². The highest BCUT2D eigenvalue weighted by atomic mass is 32.2. The van der Waals surface area contributed by atoms with Crippen LogP contribution in [0.2, 0.25) is 0 Å². The van der Waals surface area contributed by atoms with E-state index in [2.05, 4.69) is 30.9 Å². The van der Waals surface area contributed by atoms with Crippen LogP contribution in [0.3, 0.4) is 0 Å². The molecule has 0 saturated heterocycles. The normalized spacial score (nSPS) is 12.1. The minimum absolute atomic E-state index is 0.0515. The molecule has 0 saturated carbocycles. The van der Waals surface area contributed by atoms with E-state index >= 15 is 0 Å². The summed E-state index contributed by atoms with van der Waals surface area (Å²) in [6.07, 6.45) is 0.478. The van der Waals surface area contributed by atoms with Crippen LogP contribution in [0.15, 0.2) is 51.9 Å². The van der Waals surface area contributed by atoms with E-state index < -0.39 is 10.0 Å². The molecule has 0 aliphatic heterocycles. The second-order valence-corrected chi connectivity index (χ2v) is 12.0. The van der Waals surface area contributed by atoms with Gasteiger partial charge in [0.25, 0.3) is 0 Å². The largest absolute Gasteiger partial charge is 0.496 e. The summed E-state index contributed by atoms with van der Waals surface area (Å²) in [5.41, 5.74) is 2.74. The van der Waals surface area contributed by atoms with Gasteiger partial charge in [-0.2, -0.15) is 4.98 Å². The molecule has 1 aromatic heterocycles. The van der Waals surface area contributed by atoms with Crippen molar-refractivity contribution >= 4 is 15.9 Å². The van der Waals surface area contributed by atoms with E-state index in [0.717, 1.165) is 9.87 Å². The van der Waals surface area contributed by atoms with Crippen LogP contribution in [-0.2, 0) is 33.2 Å². The van der Waals surface area contributed by atoms with Crippen LogP contribution < -0.4 is 4.74 Å². The Labute approximate surface area is 213 Å². The van der Waals surface area contributed by atoms with Crippen LogP contribution in [0.1, 0.15) is 44.2 Å². The molecule has 1 heterocycles. The SMILES string of the molecule is COc1ccc(S(=O)(=O)N(C)C)cc1CCC(=O)N(C)Cc1nc(-c2ccc(C(C)(C)C)cc2)no1. The predicted octanol–water partition coefficient (Wildman–Crippen LogP) is 3.88. The Bertz CT molecular complexity index is 1310. The standard InChI is InChI=1S/C26H34N4O5S/c1-26(2,3)20-11-8-18(9-12-20)25-27-23(35-28-25)17-30(6)24(31)15-10-19-16-21(13-14-22(19)34-7)36(32,33)29(4)5/h8-9,11-14,16H,10,15,17H2,1-7H3. The van der Waals surface area contributed by atoms with Crippen LogP contribution in [0, 0.1) is 0 Å². The van der Waals surface area contributed by atoms with Gasteiger partial charge in [0.2, 0.25) is 27.6 Å². The third-order valence-corrected chi connectivity index (χ3v) is 7.73. The molecule has 0 radical (unpaired) electrons. The molecule has 3 rings (SSSR count). The molecule has 0 bridgehead atoms. The first-order chi connectivity index (χ1) is 16.8. The predicted molar refractivity (Wildman–Crippen MR) is 137 cm³/mol. The number of methoxy groups -OCH3 is 1. The average Bonchev–Trinajstić information content (AvgIpc) is 3.30. The van der Waals surface area contributed by atoms with Gasteiger partial charge in [0, 0.05) is 33.1 Å². The van der Waals surface area contributed by atoms with E-state index in [4.69, 9.17) is 9.26 Å². The van der Waals surface area contributed by atoms with Gasteiger partial charge in [-0.05, 0) is 41.2 Å². The Morgan fingerprint density at radius 2 is 1.72 bits per heavy atom. The lowest BCUT2D eigenvalue weighted by molar-refractivity contribution is -0.130. The van der Waals surface area contributed by atoms with E-state index in [-0.39, 0.29) is 29.2 Å². The number of hydrogen-bond acceptors (Lipinski definition) is 7. The van der Waals surface area contributed by atoms with Crippen molar-refractivity contribution in [2.45, 2.75) is 50.5 Å². The van der Waals surface area contributed by atoms with Crippen LogP contribution in [0.5, 0.6) is 5.75 Å². The number of sulfonamides is 1. The maximum Gasteiger partial charge on any atom is 0.246 e. The van der Waals surface area contributed by atoms with Gasteiger partial charge in [-0.1, -0.05) is 50.2 Å². The second-order valence-electron chi connectivity index (χ2n) is 9.85. The van der Waals surface area contributed by atoms with E-state index in [0.29, 0.717) is 29.4 Å². The highest BCUT2D eigenvalue weighted by Gasteiger charge is 2.21. The second kappa shape index (κ2) is 10.8. The topological polar surface area (TPSA) is 106 Å². The maximum atomic E-state index is 12.8. The summed E-state index contributed by atoms with van der Waals surface area (Å²) in [6, 6.07) is 12.7. The minimum Gasteiger partial charge on any atom is -0.496 e. The molecule has 0 unspecified atom stereocenters. The Hall–Kier alpha value is -3.24. The highest BCUT2D eigenvalue weighted by molar-refractivity contribution is 7.89. The number of amides is 1. The van der Waals surface area contributed by atoms with Gasteiger partial charge in [-0.3, -0.25) is 4.79 Å². The molecule has 0 atom stereocenters. The summed E-state index contributed by atoms with van der Waals surface area (Å²) in [6.45, 7) is 6.62. The maximum absolute atomic E-state index is 12.8. The zero-order valence-electron chi connectivity index (χ0n) is 21.9. The molecular formula is C26H34N4O5S. The van der Waals surface area contributed by atoms with Crippen molar-refractivity contribution in [3.05, 3.63) is 59.5 Å². The Kier molecular flexibility index (Phi) is 8.20. The molecule has 0 aliphatic rings. The number of aryl methyl sites for hydroxylation is 1. The monoisotopic (exact) mass is 514 g/mol. The zero-order chi connectivity index (χ0) is 26.7. The number of ether oxygens (including phenoxy) is 1. The van der Waals surface area contributed by atoms with Gasteiger partial charge in [-0.15, -0.1) is 0 Å². The smallest absolute Gasteiger partial charge is 0.246 e. The van der Waals surface area contributed by atoms with Crippen molar-refractivity contribution in [2.24, 2.45) is 0 Å². The summed E-state index contributed by atoms with van der Waals surface area (Å²) in [5, 5.41) is 4.05. The number of aromatic nitrogens is 2. The van der Waals surface area contributed by atoms with E-state index in [1.165, 1.54) is 37.7 Å². The number of hydrogen-bond donors (Lipinski definition) is 0. The zero-order valence-corrected chi connectivity index (χ0v) is 22.7. The van der Waals surface area contributed by atoms with Gasteiger partial charge >= 0.3 is 0 Å². The van der Waals surface area contributed by atoms with Gasteiger partial charge in [0.1, 0.15) is 5.75 Å². The lowest BCUT2D eigenvalue weighted by Gasteiger charge is -2.18. The van der Waals surface area contributed by atoms with E-state index in [1.807, 2.05) is 24.3 Å². The molecule has 10 heteroatoms. The van der Waals surface area contributed by atoms with Crippen LogP contribution in [0.4, 0.5) is 0 Å². The molecule has 0 aliphatic carbocycles. The summed E-state index contributed by atoms with van der Waals surface area (Å²) in [7, 11) is 2.52. The molecule has 3 aromatic rings. The average molecular weight is 515 g/mol. The molecular weight excluding hydrogens is 480 g/mol. The number of benzene rings is 2. The van der Waals surface area contributed by atoms with Crippen molar-refractivity contribution < 1.29 is 22.5 Å².